The number of pyridine rings is 1. The average molecular weight is 247 g/mol. The lowest BCUT2D eigenvalue weighted by Crippen LogP contribution is -2.10. The van der Waals surface area contributed by atoms with Gasteiger partial charge in [-0.05, 0) is 35.7 Å². The van der Waals surface area contributed by atoms with Gasteiger partial charge < -0.3 is 0 Å². The van der Waals surface area contributed by atoms with Gasteiger partial charge in [0.25, 0.3) is 0 Å². The normalized spacial score (nSPS) is 12.7. The van der Waals surface area contributed by atoms with Crippen molar-refractivity contribution in [2.75, 3.05) is 0 Å². The largest absolute Gasteiger partial charge is 0.258 e. The van der Waals surface area contributed by atoms with Gasteiger partial charge >= 0.3 is 0 Å². The van der Waals surface area contributed by atoms with Crippen LogP contribution in [0.5, 0.6) is 0 Å². The van der Waals surface area contributed by atoms with Crippen molar-refractivity contribution in [3.8, 4) is 0 Å². The van der Waals surface area contributed by atoms with Crippen molar-refractivity contribution < 1.29 is 8.78 Å². The SMILES string of the molecule is CC(C)C(c1ccc(F)cc1)c1ccc(F)cn1. The fourth-order valence-electron chi connectivity index (χ4n) is 2.14. The molecule has 0 saturated heterocycles. The van der Waals surface area contributed by atoms with E-state index in [0.29, 0.717) is 5.92 Å². The van der Waals surface area contributed by atoms with E-state index in [9.17, 15) is 8.78 Å². The van der Waals surface area contributed by atoms with Gasteiger partial charge in [0.05, 0.1) is 6.20 Å². The highest BCUT2D eigenvalue weighted by molar-refractivity contribution is 5.29. The highest BCUT2D eigenvalue weighted by Crippen LogP contribution is 2.30. The number of nitrogens with zero attached hydrogens (tertiary/aromatic N) is 1. The van der Waals surface area contributed by atoms with Gasteiger partial charge in [0.1, 0.15) is 11.6 Å². The van der Waals surface area contributed by atoms with Crippen molar-refractivity contribution in [1.82, 2.24) is 4.98 Å². The Hall–Kier alpha value is -1.77. The van der Waals surface area contributed by atoms with Crippen LogP contribution >= 0.6 is 0 Å². The maximum absolute atomic E-state index is 12.9. The highest BCUT2D eigenvalue weighted by atomic mass is 19.1. The number of hydrogen-bond donors (Lipinski definition) is 0. The Morgan fingerprint density at radius 2 is 1.50 bits per heavy atom. The zero-order valence-electron chi connectivity index (χ0n) is 10.4. The highest BCUT2D eigenvalue weighted by Gasteiger charge is 2.19. The Morgan fingerprint density at radius 1 is 0.889 bits per heavy atom. The van der Waals surface area contributed by atoms with E-state index < -0.39 is 0 Å². The molecule has 94 valence electrons. The number of aromatic nitrogens is 1. The van der Waals surface area contributed by atoms with E-state index in [4.69, 9.17) is 0 Å². The molecule has 0 radical (unpaired) electrons. The summed E-state index contributed by atoms with van der Waals surface area (Å²) >= 11 is 0. The smallest absolute Gasteiger partial charge is 0.141 e. The van der Waals surface area contributed by atoms with Gasteiger partial charge in [0.15, 0.2) is 0 Å². The molecule has 0 aliphatic heterocycles. The summed E-state index contributed by atoms with van der Waals surface area (Å²) < 4.78 is 25.8. The molecular weight excluding hydrogens is 232 g/mol. The first-order valence-electron chi connectivity index (χ1n) is 5.95. The van der Waals surface area contributed by atoms with E-state index in [2.05, 4.69) is 18.8 Å². The second-order valence-corrected chi connectivity index (χ2v) is 4.67. The molecule has 1 atom stereocenters. The van der Waals surface area contributed by atoms with Gasteiger partial charge in [-0.3, -0.25) is 4.98 Å². The summed E-state index contributed by atoms with van der Waals surface area (Å²) in [6.45, 7) is 4.14. The molecule has 0 amide bonds. The maximum Gasteiger partial charge on any atom is 0.141 e. The van der Waals surface area contributed by atoms with Crippen molar-refractivity contribution in [2.24, 2.45) is 5.92 Å². The molecule has 0 fully saturated rings. The van der Waals surface area contributed by atoms with Crippen LogP contribution in [0.3, 0.4) is 0 Å². The second-order valence-electron chi connectivity index (χ2n) is 4.67. The number of rotatable bonds is 3. The first-order chi connectivity index (χ1) is 8.58. The van der Waals surface area contributed by atoms with E-state index in [-0.39, 0.29) is 17.6 Å². The van der Waals surface area contributed by atoms with E-state index in [0.717, 1.165) is 11.3 Å². The Morgan fingerprint density at radius 3 is 2.00 bits per heavy atom. The van der Waals surface area contributed by atoms with Gasteiger partial charge in [-0.25, -0.2) is 8.78 Å². The minimum atomic E-state index is -0.347. The average Bonchev–Trinajstić information content (AvgIpc) is 2.34. The van der Waals surface area contributed by atoms with E-state index in [1.54, 1.807) is 18.2 Å². The molecule has 0 aliphatic rings. The van der Waals surface area contributed by atoms with Crippen LogP contribution in [0.25, 0.3) is 0 Å². The summed E-state index contributed by atoms with van der Waals surface area (Å²) in [6.07, 6.45) is 1.22. The van der Waals surface area contributed by atoms with Crippen molar-refractivity contribution >= 4 is 0 Å². The monoisotopic (exact) mass is 247 g/mol. The fraction of sp³-hybridized carbons (Fsp3) is 0.267. The van der Waals surface area contributed by atoms with Gasteiger partial charge in [0, 0.05) is 11.6 Å². The molecule has 1 aromatic heterocycles. The molecule has 2 rings (SSSR count). The molecule has 3 heteroatoms. The molecule has 2 aromatic rings. The van der Waals surface area contributed by atoms with Gasteiger partial charge in [0.2, 0.25) is 0 Å². The van der Waals surface area contributed by atoms with Crippen LogP contribution in [0.15, 0.2) is 42.6 Å². The predicted molar refractivity (Wildman–Crippen MR) is 67.3 cm³/mol. The Balaban J connectivity index is 2.39. The van der Waals surface area contributed by atoms with Crippen LogP contribution in [-0.2, 0) is 0 Å². The molecule has 0 saturated carbocycles. The Labute approximate surface area is 105 Å². The van der Waals surface area contributed by atoms with Crippen LogP contribution in [0, 0.1) is 17.6 Å². The minimum absolute atomic E-state index is 0.0474. The topological polar surface area (TPSA) is 12.9 Å². The van der Waals surface area contributed by atoms with Crippen LogP contribution in [0.2, 0.25) is 0 Å². The molecule has 0 aliphatic carbocycles. The minimum Gasteiger partial charge on any atom is -0.258 e. The van der Waals surface area contributed by atoms with Crippen molar-refractivity contribution in [1.29, 1.82) is 0 Å². The predicted octanol–water partition coefficient (Wildman–Crippen LogP) is 4.15. The molecule has 1 aromatic carbocycles. The first kappa shape index (κ1) is 12.7. The van der Waals surface area contributed by atoms with Crippen molar-refractivity contribution in [3.63, 3.8) is 0 Å². The third-order valence-electron chi connectivity index (χ3n) is 2.96. The van der Waals surface area contributed by atoms with Crippen LogP contribution in [0.1, 0.15) is 31.0 Å². The summed E-state index contributed by atoms with van der Waals surface area (Å²) in [6, 6.07) is 9.48. The van der Waals surface area contributed by atoms with Gasteiger partial charge in [-0.2, -0.15) is 0 Å². The van der Waals surface area contributed by atoms with E-state index in [1.165, 1.54) is 24.4 Å². The standard InChI is InChI=1S/C15H15F2N/c1-10(2)15(11-3-5-12(16)6-4-11)14-8-7-13(17)9-18-14/h3-10,15H,1-2H3. The Kier molecular flexibility index (Phi) is 3.70. The lowest BCUT2D eigenvalue weighted by molar-refractivity contribution is 0.544. The molecular formula is C15H15F2N. The van der Waals surface area contributed by atoms with Gasteiger partial charge in [-0.1, -0.05) is 26.0 Å². The zero-order valence-corrected chi connectivity index (χ0v) is 10.4. The third-order valence-corrected chi connectivity index (χ3v) is 2.96. The summed E-state index contributed by atoms with van der Waals surface area (Å²) in [5.41, 5.74) is 1.79. The molecule has 0 N–H and O–H groups in total. The molecule has 0 bridgehead atoms. The Bertz CT molecular complexity index is 458. The fourth-order valence-corrected chi connectivity index (χ4v) is 2.14. The molecule has 1 heterocycles. The lowest BCUT2D eigenvalue weighted by atomic mass is 9.85. The molecule has 1 nitrogen and oxygen atoms in total. The first-order valence-corrected chi connectivity index (χ1v) is 5.95. The van der Waals surface area contributed by atoms with Crippen LogP contribution in [-0.4, -0.2) is 4.98 Å². The quantitative estimate of drug-likeness (QED) is 0.794. The summed E-state index contributed by atoms with van der Waals surface area (Å²) in [4.78, 5) is 4.13. The van der Waals surface area contributed by atoms with Crippen LogP contribution < -0.4 is 0 Å². The number of hydrogen-bond acceptors (Lipinski definition) is 1. The summed E-state index contributed by atoms with van der Waals surface area (Å²) in [5, 5.41) is 0. The second kappa shape index (κ2) is 5.25. The third kappa shape index (κ3) is 2.73. The lowest BCUT2D eigenvalue weighted by Gasteiger charge is -2.20. The summed E-state index contributed by atoms with van der Waals surface area (Å²) in [7, 11) is 0. The van der Waals surface area contributed by atoms with Crippen LogP contribution in [0.4, 0.5) is 8.78 Å². The van der Waals surface area contributed by atoms with Crippen molar-refractivity contribution in [2.45, 2.75) is 19.8 Å². The zero-order chi connectivity index (χ0) is 13.1. The number of benzene rings is 1. The van der Waals surface area contributed by atoms with E-state index in [1.807, 2.05) is 0 Å². The molecule has 18 heavy (non-hydrogen) atoms. The number of halogens is 2. The maximum atomic E-state index is 12.9. The summed E-state index contributed by atoms with van der Waals surface area (Å²) in [5.74, 6) is -0.256. The van der Waals surface area contributed by atoms with Crippen molar-refractivity contribution in [3.05, 3.63) is 65.5 Å². The van der Waals surface area contributed by atoms with Gasteiger partial charge in [-0.15, -0.1) is 0 Å². The molecule has 1 unspecified atom stereocenters. The molecule has 0 spiro atoms. The van der Waals surface area contributed by atoms with E-state index >= 15 is 0 Å².